The van der Waals surface area contributed by atoms with E-state index in [1.165, 1.54) is 7.11 Å². The Labute approximate surface area is 72.5 Å². The molecule has 0 bridgehead atoms. The van der Waals surface area contributed by atoms with E-state index in [2.05, 4.69) is 19.2 Å². The van der Waals surface area contributed by atoms with Crippen molar-refractivity contribution < 1.29 is 9.53 Å². The number of ether oxygens (including phenoxy) is 1. The molecular weight excluding hydrogens is 154 g/mol. The Morgan fingerprint density at radius 1 is 1.58 bits per heavy atom. The predicted octanol–water partition coefficient (Wildman–Crippen LogP) is 0.403. The monoisotopic (exact) mass is 169 g/mol. The van der Waals surface area contributed by atoms with Crippen LogP contribution in [0.25, 0.3) is 0 Å². The summed E-state index contributed by atoms with van der Waals surface area (Å²) >= 11 is 0. The van der Waals surface area contributed by atoms with Crippen LogP contribution in [-0.2, 0) is 9.53 Å². The van der Waals surface area contributed by atoms with Gasteiger partial charge in [0, 0.05) is 0 Å². The molecule has 1 N–H and O–H groups in total. The molecule has 0 radical (unpaired) electrons. The van der Waals surface area contributed by atoms with Crippen LogP contribution >= 0.6 is 0 Å². The fourth-order valence-electron chi connectivity index (χ4n) is 2.58. The lowest BCUT2D eigenvalue weighted by Crippen LogP contribution is -2.38. The molecule has 1 aliphatic carbocycles. The first-order valence-electron chi connectivity index (χ1n) is 4.40. The maximum absolute atomic E-state index is 11.3. The van der Waals surface area contributed by atoms with Gasteiger partial charge in [0.2, 0.25) is 0 Å². The van der Waals surface area contributed by atoms with Gasteiger partial charge >= 0.3 is 5.97 Å². The van der Waals surface area contributed by atoms with E-state index in [0.717, 1.165) is 6.54 Å². The quantitative estimate of drug-likeness (QED) is 0.577. The lowest BCUT2D eigenvalue weighted by atomic mass is 10.0. The van der Waals surface area contributed by atoms with Crippen LogP contribution in [0.3, 0.4) is 0 Å². The summed E-state index contributed by atoms with van der Waals surface area (Å²) in [6, 6.07) is -0.0463. The molecule has 1 heterocycles. The van der Waals surface area contributed by atoms with Gasteiger partial charge in [0.05, 0.1) is 7.11 Å². The van der Waals surface area contributed by atoms with Crippen LogP contribution < -0.4 is 5.32 Å². The standard InChI is InChI=1S/C9H15NO2/c1-9(2)5-4-10-7(6(5)9)8(11)12-3/h5-7,10H,4H2,1-3H3/t5-,6-,7?/m0/s1. The zero-order valence-corrected chi connectivity index (χ0v) is 7.76. The van der Waals surface area contributed by atoms with E-state index in [1.807, 2.05) is 0 Å². The van der Waals surface area contributed by atoms with E-state index in [-0.39, 0.29) is 12.0 Å². The third kappa shape index (κ3) is 0.829. The first-order valence-corrected chi connectivity index (χ1v) is 4.40. The molecule has 3 atom stereocenters. The van der Waals surface area contributed by atoms with Gasteiger partial charge in [-0.25, -0.2) is 0 Å². The Hall–Kier alpha value is -0.570. The molecule has 1 unspecified atom stereocenters. The van der Waals surface area contributed by atoms with E-state index >= 15 is 0 Å². The molecule has 12 heavy (non-hydrogen) atoms. The highest BCUT2D eigenvalue weighted by molar-refractivity contribution is 5.77. The average molecular weight is 169 g/mol. The van der Waals surface area contributed by atoms with E-state index < -0.39 is 0 Å². The van der Waals surface area contributed by atoms with Gasteiger partial charge in [-0.2, -0.15) is 0 Å². The summed E-state index contributed by atoms with van der Waals surface area (Å²) in [5.41, 5.74) is 0.351. The van der Waals surface area contributed by atoms with Gasteiger partial charge in [-0.1, -0.05) is 13.8 Å². The van der Waals surface area contributed by atoms with Gasteiger partial charge in [-0.15, -0.1) is 0 Å². The van der Waals surface area contributed by atoms with Gasteiger partial charge in [0.1, 0.15) is 6.04 Å². The summed E-state index contributed by atoms with van der Waals surface area (Å²) in [6.45, 7) is 5.41. The third-order valence-electron chi connectivity index (χ3n) is 3.51. The van der Waals surface area contributed by atoms with Crippen molar-refractivity contribution in [3.05, 3.63) is 0 Å². The van der Waals surface area contributed by atoms with E-state index in [1.54, 1.807) is 0 Å². The number of hydrogen-bond donors (Lipinski definition) is 1. The van der Waals surface area contributed by atoms with Crippen molar-refractivity contribution >= 4 is 5.97 Å². The molecule has 2 fully saturated rings. The van der Waals surface area contributed by atoms with Gasteiger partial charge < -0.3 is 10.1 Å². The smallest absolute Gasteiger partial charge is 0.323 e. The van der Waals surface area contributed by atoms with Crippen LogP contribution in [0.4, 0.5) is 0 Å². The Bertz CT molecular complexity index is 225. The molecule has 2 rings (SSSR count). The fraction of sp³-hybridized carbons (Fsp3) is 0.889. The van der Waals surface area contributed by atoms with Crippen LogP contribution in [0.1, 0.15) is 13.8 Å². The van der Waals surface area contributed by atoms with Gasteiger partial charge in [0.15, 0.2) is 0 Å². The second-order valence-electron chi connectivity index (χ2n) is 4.36. The Morgan fingerprint density at radius 3 is 2.67 bits per heavy atom. The molecule has 3 heteroatoms. The molecular formula is C9H15NO2. The molecule has 0 amide bonds. The largest absolute Gasteiger partial charge is 0.468 e. The molecule has 1 saturated carbocycles. The zero-order chi connectivity index (χ0) is 8.93. The number of fused-ring (bicyclic) bond motifs is 1. The van der Waals surface area contributed by atoms with Crippen molar-refractivity contribution in [1.29, 1.82) is 0 Å². The fourth-order valence-corrected chi connectivity index (χ4v) is 2.58. The summed E-state index contributed by atoms with van der Waals surface area (Å²) in [6.07, 6.45) is 0. The lowest BCUT2D eigenvalue weighted by Gasteiger charge is -2.16. The molecule has 0 aromatic carbocycles. The third-order valence-corrected chi connectivity index (χ3v) is 3.51. The Balaban J connectivity index is 2.08. The van der Waals surface area contributed by atoms with Gasteiger partial charge in [0.25, 0.3) is 0 Å². The minimum absolute atomic E-state index is 0.0463. The van der Waals surface area contributed by atoms with Crippen molar-refractivity contribution in [3.63, 3.8) is 0 Å². The molecule has 0 spiro atoms. The average Bonchev–Trinajstić information content (AvgIpc) is 2.52. The number of methoxy groups -OCH3 is 1. The number of rotatable bonds is 1. The number of esters is 1. The topological polar surface area (TPSA) is 38.3 Å². The van der Waals surface area contributed by atoms with Crippen molar-refractivity contribution in [2.75, 3.05) is 13.7 Å². The summed E-state index contributed by atoms with van der Waals surface area (Å²) in [7, 11) is 1.45. The summed E-state index contributed by atoms with van der Waals surface area (Å²) in [5, 5.41) is 3.19. The van der Waals surface area contributed by atoms with E-state index in [9.17, 15) is 4.79 Å². The van der Waals surface area contributed by atoms with Gasteiger partial charge in [-0.05, 0) is 23.8 Å². The van der Waals surface area contributed by atoms with Crippen molar-refractivity contribution in [2.45, 2.75) is 19.9 Å². The Morgan fingerprint density at radius 2 is 2.25 bits per heavy atom. The first-order chi connectivity index (χ1) is 5.59. The molecule has 3 nitrogen and oxygen atoms in total. The summed E-state index contributed by atoms with van der Waals surface area (Å²) in [4.78, 5) is 11.3. The second-order valence-corrected chi connectivity index (χ2v) is 4.36. The SMILES string of the molecule is COC(=O)C1NC[C@H]2[C@@H]1C2(C)C. The van der Waals surface area contributed by atoms with Crippen LogP contribution in [0.5, 0.6) is 0 Å². The molecule has 68 valence electrons. The summed E-state index contributed by atoms with van der Waals surface area (Å²) < 4.78 is 4.72. The normalized spacial score (nSPS) is 42.1. The maximum Gasteiger partial charge on any atom is 0.323 e. The Kier molecular flexibility index (Phi) is 1.49. The van der Waals surface area contributed by atoms with Crippen LogP contribution in [-0.4, -0.2) is 25.7 Å². The molecule has 0 aromatic rings. The first kappa shape index (κ1) is 8.05. The van der Waals surface area contributed by atoms with Crippen molar-refractivity contribution in [1.82, 2.24) is 5.32 Å². The number of hydrogen-bond acceptors (Lipinski definition) is 3. The minimum atomic E-state index is -0.104. The summed E-state index contributed by atoms with van der Waals surface area (Å²) in [5.74, 6) is 1.08. The lowest BCUT2D eigenvalue weighted by molar-refractivity contribution is -0.143. The minimum Gasteiger partial charge on any atom is -0.468 e. The highest BCUT2D eigenvalue weighted by Gasteiger charge is 2.66. The highest BCUT2D eigenvalue weighted by Crippen LogP contribution is 2.62. The number of carbonyl (C=O) groups is 1. The van der Waals surface area contributed by atoms with Crippen LogP contribution in [0.2, 0.25) is 0 Å². The van der Waals surface area contributed by atoms with Gasteiger partial charge in [-0.3, -0.25) is 4.79 Å². The number of piperidine rings is 1. The number of carbonyl (C=O) groups excluding carboxylic acids is 1. The van der Waals surface area contributed by atoms with E-state index in [4.69, 9.17) is 4.74 Å². The zero-order valence-electron chi connectivity index (χ0n) is 7.76. The van der Waals surface area contributed by atoms with Crippen molar-refractivity contribution in [3.8, 4) is 0 Å². The maximum atomic E-state index is 11.3. The van der Waals surface area contributed by atoms with Crippen LogP contribution in [0.15, 0.2) is 0 Å². The van der Waals surface area contributed by atoms with Crippen molar-refractivity contribution in [2.24, 2.45) is 17.3 Å². The second kappa shape index (κ2) is 2.22. The van der Waals surface area contributed by atoms with Crippen LogP contribution in [0, 0.1) is 17.3 Å². The molecule has 2 aliphatic rings. The predicted molar refractivity (Wildman–Crippen MR) is 44.6 cm³/mol. The molecule has 1 aliphatic heterocycles. The highest BCUT2D eigenvalue weighted by atomic mass is 16.5. The molecule has 1 saturated heterocycles. The number of nitrogens with one attached hydrogen (secondary N) is 1. The molecule has 0 aromatic heterocycles. The van der Waals surface area contributed by atoms with E-state index in [0.29, 0.717) is 17.3 Å².